The summed E-state index contributed by atoms with van der Waals surface area (Å²) < 4.78 is 0. The van der Waals surface area contributed by atoms with E-state index in [1.807, 2.05) is 78.9 Å². The Labute approximate surface area is 234 Å². The SMILES string of the molecule is CCCCNC(=O)[C@H](Cc1ccccc1)N(Cc1ccc(Cl)cc1)C(=O)CCCSc1ccc(Cl)cc1. The van der Waals surface area contributed by atoms with Crippen LogP contribution in [0.5, 0.6) is 0 Å². The molecule has 0 radical (unpaired) electrons. The van der Waals surface area contributed by atoms with Crippen LogP contribution in [0.1, 0.15) is 43.7 Å². The highest BCUT2D eigenvalue weighted by molar-refractivity contribution is 7.99. The van der Waals surface area contributed by atoms with Gasteiger partial charge in [-0.05, 0) is 66.1 Å². The molecule has 0 aliphatic carbocycles. The van der Waals surface area contributed by atoms with Gasteiger partial charge in [0.25, 0.3) is 0 Å². The molecule has 0 aliphatic heterocycles. The molecule has 0 aromatic heterocycles. The predicted octanol–water partition coefficient (Wildman–Crippen LogP) is 7.42. The van der Waals surface area contributed by atoms with Crippen molar-refractivity contribution < 1.29 is 9.59 Å². The van der Waals surface area contributed by atoms with Crippen LogP contribution in [0.3, 0.4) is 0 Å². The molecule has 3 aromatic carbocycles. The van der Waals surface area contributed by atoms with E-state index in [1.54, 1.807) is 16.7 Å². The van der Waals surface area contributed by atoms with Gasteiger partial charge in [-0.15, -0.1) is 11.8 Å². The molecule has 0 saturated carbocycles. The van der Waals surface area contributed by atoms with Crippen LogP contribution in [0.2, 0.25) is 10.0 Å². The molecule has 0 spiro atoms. The first-order valence-electron chi connectivity index (χ1n) is 12.7. The van der Waals surface area contributed by atoms with Crippen LogP contribution < -0.4 is 5.32 Å². The van der Waals surface area contributed by atoms with Gasteiger partial charge >= 0.3 is 0 Å². The van der Waals surface area contributed by atoms with Crippen LogP contribution in [-0.4, -0.2) is 35.1 Å². The number of unbranched alkanes of at least 4 members (excludes halogenated alkanes) is 1. The van der Waals surface area contributed by atoms with Gasteiger partial charge in [-0.25, -0.2) is 0 Å². The zero-order valence-corrected chi connectivity index (χ0v) is 23.5. The molecule has 3 rings (SSSR count). The normalized spacial score (nSPS) is 11.6. The van der Waals surface area contributed by atoms with Crippen molar-refractivity contribution in [3.8, 4) is 0 Å². The van der Waals surface area contributed by atoms with Gasteiger partial charge in [-0.2, -0.15) is 0 Å². The van der Waals surface area contributed by atoms with E-state index in [0.29, 0.717) is 42.4 Å². The molecule has 0 unspecified atom stereocenters. The van der Waals surface area contributed by atoms with Gasteiger partial charge in [0.05, 0.1) is 0 Å². The maximum Gasteiger partial charge on any atom is 0.243 e. The van der Waals surface area contributed by atoms with Gasteiger partial charge in [0, 0.05) is 40.9 Å². The Morgan fingerprint density at radius 1 is 0.865 bits per heavy atom. The van der Waals surface area contributed by atoms with Crippen LogP contribution in [0, 0.1) is 0 Å². The molecule has 196 valence electrons. The monoisotopic (exact) mass is 556 g/mol. The minimum Gasteiger partial charge on any atom is -0.354 e. The highest BCUT2D eigenvalue weighted by Crippen LogP contribution is 2.23. The lowest BCUT2D eigenvalue weighted by atomic mass is 10.0. The average Bonchev–Trinajstić information content (AvgIpc) is 2.91. The lowest BCUT2D eigenvalue weighted by molar-refractivity contribution is -0.141. The van der Waals surface area contributed by atoms with Gasteiger partial charge < -0.3 is 10.2 Å². The fraction of sp³-hybridized carbons (Fsp3) is 0.333. The summed E-state index contributed by atoms with van der Waals surface area (Å²) in [6.07, 6.45) is 3.41. The number of thioether (sulfide) groups is 1. The van der Waals surface area contributed by atoms with Crippen LogP contribution >= 0.6 is 35.0 Å². The molecule has 0 heterocycles. The van der Waals surface area contributed by atoms with Crippen LogP contribution in [0.4, 0.5) is 0 Å². The van der Waals surface area contributed by atoms with E-state index in [0.717, 1.165) is 34.6 Å². The molecule has 0 aliphatic rings. The van der Waals surface area contributed by atoms with E-state index in [2.05, 4.69) is 12.2 Å². The van der Waals surface area contributed by atoms with E-state index in [9.17, 15) is 9.59 Å². The molecule has 1 atom stereocenters. The Bertz CT molecular complexity index is 1110. The molecule has 4 nitrogen and oxygen atoms in total. The summed E-state index contributed by atoms with van der Waals surface area (Å²) in [7, 11) is 0. The molecule has 7 heteroatoms. The van der Waals surface area contributed by atoms with E-state index < -0.39 is 6.04 Å². The molecule has 0 bridgehead atoms. The first kappa shape index (κ1) is 29.1. The number of benzene rings is 3. The number of nitrogens with one attached hydrogen (secondary N) is 1. The first-order chi connectivity index (χ1) is 18.0. The zero-order chi connectivity index (χ0) is 26.5. The fourth-order valence-corrected chi connectivity index (χ4v) is 5.04. The smallest absolute Gasteiger partial charge is 0.243 e. The highest BCUT2D eigenvalue weighted by Gasteiger charge is 2.30. The summed E-state index contributed by atoms with van der Waals surface area (Å²) in [5.41, 5.74) is 1.96. The number of amides is 2. The zero-order valence-electron chi connectivity index (χ0n) is 21.2. The lowest BCUT2D eigenvalue weighted by Crippen LogP contribution is -2.50. The molecule has 2 amide bonds. The Balaban J connectivity index is 1.76. The topological polar surface area (TPSA) is 49.4 Å². The van der Waals surface area contributed by atoms with Crippen molar-refractivity contribution in [2.24, 2.45) is 0 Å². The van der Waals surface area contributed by atoms with Gasteiger partial charge in [0.1, 0.15) is 6.04 Å². The quantitative estimate of drug-likeness (QED) is 0.166. The van der Waals surface area contributed by atoms with Gasteiger partial charge in [0.2, 0.25) is 11.8 Å². The second-order valence-electron chi connectivity index (χ2n) is 8.90. The minimum absolute atomic E-state index is 0.0294. The molecule has 0 fully saturated rings. The molecule has 0 saturated heterocycles. The van der Waals surface area contributed by atoms with Crippen LogP contribution in [0.25, 0.3) is 0 Å². The summed E-state index contributed by atoms with van der Waals surface area (Å²) in [6.45, 7) is 3.03. The van der Waals surface area contributed by atoms with E-state index >= 15 is 0 Å². The lowest BCUT2D eigenvalue weighted by Gasteiger charge is -2.31. The maximum atomic E-state index is 13.6. The number of rotatable bonds is 14. The maximum absolute atomic E-state index is 13.6. The Kier molecular flexibility index (Phi) is 12.3. The molecule has 3 aromatic rings. The summed E-state index contributed by atoms with van der Waals surface area (Å²) >= 11 is 13.8. The average molecular weight is 558 g/mol. The fourth-order valence-electron chi connectivity index (χ4n) is 3.93. The standard InChI is InChI=1S/C30H34Cl2N2O2S/c1-2-3-19-33-30(36)28(21-23-8-5-4-6-9-23)34(22-24-11-13-25(31)14-12-24)29(35)10-7-20-37-27-17-15-26(32)16-18-27/h4-6,8-9,11-18,28H,2-3,7,10,19-22H2,1H3,(H,33,36)/t28-/m0/s1. The van der Waals surface area contributed by atoms with Crippen molar-refractivity contribution in [3.05, 3.63) is 100 Å². The van der Waals surface area contributed by atoms with Crippen LogP contribution in [-0.2, 0) is 22.6 Å². The second kappa shape index (κ2) is 15.7. The number of nitrogens with zero attached hydrogens (tertiary/aromatic N) is 1. The summed E-state index contributed by atoms with van der Waals surface area (Å²) in [5, 5.41) is 4.40. The van der Waals surface area contributed by atoms with Gasteiger partial charge in [-0.3, -0.25) is 9.59 Å². The first-order valence-corrected chi connectivity index (χ1v) is 14.4. The molecule has 1 N–H and O–H groups in total. The number of carbonyl (C=O) groups excluding carboxylic acids is 2. The van der Waals surface area contributed by atoms with E-state index in [1.165, 1.54) is 0 Å². The third-order valence-corrected chi connectivity index (χ3v) is 7.59. The minimum atomic E-state index is -0.605. The van der Waals surface area contributed by atoms with Crippen molar-refractivity contribution >= 4 is 46.8 Å². The second-order valence-corrected chi connectivity index (χ2v) is 10.9. The Morgan fingerprint density at radius 2 is 1.51 bits per heavy atom. The van der Waals surface area contributed by atoms with Crippen molar-refractivity contribution in [2.45, 2.75) is 56.5 Å². The van der Waals surface area contributed by atoms with E-state index in [4.69, 9.17) is 23.2 Å². The highest BCUT2D eigenvalue weighted by atomic mass is 35.5. The molecular formula is C30H34Cl2N2O2S. The van der Waals surface area contributed by atoms with E-state index in [-0.39, 0.29) is 11.8 Å². The third-order valence-electron chi connectivity index (χ3n) is 5.98. The number of carbonyl (C=O) groups is 2. The Morgan fingerprint density at radius 3 is 2.16 bits per heavy atom. The predicted molar refractivity (Wildman–Crippen MR) is 155 cm³/mol. The molecular weight excluding hydrogens is 523 g/mol. The number of hydrogen-bond acceptors (Lipinski definition) is 3. The van der Waals surface area contributed by atoms with Crippen molar-refractivity contribution in [3.63, 3.8) is 0 Å². The van der Waals surface area contributed by atoms with Crippen LogP contribution in [0.15, 0.2) is 83.8 Å². The summed E-state index contributed by atoms with van der Waals surface area (Å²) in [4.78, 5) is 29.9. The number of hydrogen-bond donors (Lipinski definition) is 1. The van der Waals surface area contributed by atoms with Crippen molar-refractivity contribution in [1.82, 2.24) is 10.2 Å². The Hall–Kier alpha value is -2.47. The summed E-state index contributed by atoms with van der Waals surface area (Å²) in [6, 6.07) is 24.4. The van der Waals surface area contributed by atoms with Crippen molar-refractivity contribution in [1.29, 1.82) is 0 Å². The molecule has 37 heavy (non-hydrogen) atoms. The largest absolute Gasteiger partial charge is 0.354 e. The number of halogens is 2. The third kappa shape index (κ3) is 10.1. The van der Waals surface area contributed by atoms with Gasteiger partial charge in [-0.1, -0.05) is 79.0 Å². The van der Waals surface area contributed by atoms with Gasteiger partial charge in [0.15, 0.2) is 0 Å². The summed E-state index contributed by atoms with van der Waals surface area (Å²) in [5.74, 6) is 0.655. The van der Waals surface area contributed by atoms with Crippen molar-refractivity contribution in [2.75, 3.05) is 12.3 Å².